The van der Waals surface area contributed by atoms with E-state index in [2.05, 4.69) is 46.0 Å². The molecular formula is C15H18N4. The third-order valence-electron chi connectivity index (χ3n) is 4.17. The highest BCUT2D eigenvalue weighted by atomic mass is 15.2. The van der Waals surface area contributed by atoms with Crippen molar-refractivity contribution in [3.05, 3.63) is 34.9 Å². The van der Waals surface area contributed by atoms with Gasteiger partial charge in [-0.3, -0.25) is 5.10 Å². The Morgan fingerprint density at radius 2 is 2.32 bits per heavy atom. The van der Waals surface area contributed by atoms with Crippen molar-refractivity contribution in [3.8, 4) is 11.3 Å². The van der Waals surface area contributed by atoms with Crippen molar-refractivity contribution in [3.63, 3.8) is 0 Å². The first kappa shape index (κ1) is 11.1. The highest BCUT2D eigenvalue weighted by Crippen LogP contribution is 2.39. The smallest absolute Gasteiger partial charge is 0.152 e. The van der Waals surface area contributed by atoms with E-state index in [0.717, 1.165) is 25.3 Å². The molecule has 19 heavy (non-hydrogen) atoms. The quantitative estimate of drug-likeness (QED) is 0.656. The summed E-state index contributed by atoms with van der Waals surface area (Å²) in [6.45, 7) is 4.27. The third-order valence-corrected chi connectivity index (χ3v) is 4.17. The van der Waals surface area contributed by atoms with Gasteiger partial charge < -0.3 is 10.6 Å². The minimum absolute atomic E-state index is 0.512. The van der Waals surface area contributed by atoms with Crippen molar-refractivity contribution in [2.24, 2.45) is 0 Å². The lowest BCUT2D eigenvalue weighted by Gasteiger charge is -2.11. The van der Waals surface area contributed by atoms with E-state index in [1.165, 1.54) is 34.4 Å². The SMILES string of the molecule is Cc1ccc2c(c1)-c1[nH]nc(NC3CCNC3)c1C2. The van der Waals surface area contributed by atoms with E-state index in [1.807, 2.05) is 0 Å². The summed E-state index contributed by atoms with van der Waals surface area (Å²) in [4.78, 5) is 0. The fraction of sp³-hybridized carbons (Fsp3) is 0.400. The zero-order valence-electron chi connectivity index (χ0n) is 11.1. The van der Waals surface area contributed by atoms with Gasteiger partial charge in [-0.2, -0.15) is 5.10 Å². The molecule has 2 aliphatic rings. The summed E-state index contributed by atoms with van der Waals surface area (Å²) in [7, 11) is 0. The maximum Gasteiger partial charge on any atom is 0.152 e. The Labute approximate surface area is 112 Å². The van der Waals surface area contributed by atoms with Crippen LogP contribution in [0.15, 0.2) is 18.2 Å². The molecule has 3 N–H and O–H groups in total. The predicted molar refractivity (Wildman–Crippen MR) is 76.5 cm³/mol. The van der Waals surface area contributed by atoms with Crippen LogP contribution in [0.1, 0.15) is 23.1 Å². The van der Waals surface area contributed by atoms with Crippen molar-refractivity contribution < 1.29 is 0 Å². The van der Waals surface area contributed by atoms with E-state index < -0.39 is 0 Å². The number of aromatic nitrogens is 2. The van der Waals surface area contributed by atoms with Crippen LogP contribution in [0.25, 0.3) is 11.3 Å². The largest absolute Gasteiger partial charge is 0.364 e. The number of rotatable bonds is 2. The first-order chi connectivity index (χ1) is 9.31. The van der Waals surface area contributed by atoms with Crippen molar-refractivity contribution >= 4 is 5.82 Å². The lowest BCUT2D eigenvalue weighted by molar-refractivity contribution is 0.784. The number of H-pyrrole nitrogens is 1. The molecule has 0 radical (unpaired) electrons. The summed E-state index contributed by atoms with van der Waals surface area (Å²) in [6.07, 6.45) is 2.16. The van der Waals surface area contributed by atoms with Gasteiger partial charge >= 0.3 is 0 Å². The Kier molecular flexibility index (Phi) is 2.38. The number of fused-ring (bicyclic) bond motifs is 3. The molecule has 2 aromatic rings. The van der Waals surface area contributed by atoms with Crippen molar-refractivity contribution in [2.45, 2.75) is 25.8 Å². The van der Waals surface area contributed by atoms with Crippen LogP contribution in [0.3, 0.4) is 0 Å². The van der Waals surface area contributed by atoms with E-state index in [-0.39, 0.29) is 0 Å². The Balaban J connectivity index is 1.68. The summed E-state index contributed by atoms with van der Waals surface area (Å²) in [5.74, 6) is 1.04. The number of hydrogen-bond donors (Lipinski definition) is 3. The summed E-state index contributed by atoms with van der Waals surface area (Å²) in [5, 5.41) is 14.6. The molecule has 4 nitrogen and oxygen atoms in total. The first-order valence-corrected chi connectivity index (χ1v) is 6.95. The molecule has 1 atom stereocenters. The minimum Gasteiger partial charge on any atom is -0.364 e. The van der Waals surface area contributed by atoms with Crippen molar-refractivity contribution in [1.82, 2.24) is 15.5 Å². The lowest BCUT2D eigenvalue weighted by Crippen LogP contribution is -2.22. The number of aryl methyl sites for hydroxylation is 1. The van der Waals surface area contributed by atoms with Gasteiger partial charge in [0.1, 0.15) is 0 Å². The molecule has 0 amide bonds. The Hall–Kier alpha value is -1.81. The Morgan fingerprint density at radius 3 is 3.16 bits per heavy atom. The van der Waals surface area contributed by atoms with Gasteiger partial charge in [0.25, 0.3) is 0 Å². The molecule has 1 aromatic carbocycles. The molecule has 1 aromatic heterocycles. The molecule has 1 aliphatic heterocycles. The second-order valence-electron chi connectivity index (χ2n) is 5.60. The Morgan fingerprint density at radius 1 is 1.37 bits per heavy atom. The summed E-state index contributed by atoms with van der Waals surface area (Å²) in [6, 6.07) is 7.18. The zero-order valence-corrected chi connectivity index (χ0v) is 11.1. The third kappa shape index (κ3) is 1.75. The van der Waals surface area contributed by atoms with Gasteiger partial charge in [0.15, 0.2) is 5.82 Å². The van der Waals surface area contributed by atoms with Crippen LogP contribution in [0.5, 0.6) is 0 Å². The molecule has 1 fully saturated rings. The average Bonchev–Trinajstić information content (AvgIpc) is 3.08. The van der Waals surface area contributed by atoms with Gasteiger partial charge in [-0.15, -0.1) is 0 Å². The molecule has 1 unspecified atom stereocenters. The van der Waals surface area contributed by atoms with E-state index in [1.54, 1.807) is 0 Å². The number of benzene rings is 1. The van der Waals surface area contributed by atoms with E-state index >= 15 is 0 Å². The normalized spacial score (nSPS) is 20.4. The van der Waals surface area contributed by atoms with Crippen LogP contribution < -0.4 is 10.6 Å². The number of nitrogens with zero attached hydrogens (tertiary/aromatic N) is 1. The van der Waals surface area contributed by atoms with Crippen LogP contribution in [0.2, 0.25) is 0 Å². The number of aromatic amines is 1. The second kappa shape index (κ2) is 4.10. The van der Waals surface area contributed by atoms with E-state index in [4.69, 9.17) is 0 Å². The Bertz CT molecular complexity index is 623. The van der Waals surface area contributed by atoms with Gasteiger partial charge in [0.2, 0.25) is 0 Å². The van der Waals surface area contributed by atoms with Crippen LogP contribution in [0.4, 0.5) is 5.82 Å². The molecule has 1 aliphatic carbocycles. The van der Waals surface area contributed by atoms with Gasteiger partial charge in [-0.05, 0) is 31.5 Å². The highest BCUT2D eigenvalue weighted by Gasteiger charge is 2.26. The molecule has 1 saturated heterocycles. The van der Waals surface area contributed by atoms with Crippen LogP contribution in [-0.4, -0.2) is 29.3 Å². The molecular weight excluding hydrogens is 236 g/mol. The summed E-state index contributed by atoms with van der Waals surface area (Å²) >= 11 is 0. The van der Waals surface area contributed by atoms with Crippen LogP contribution >= 0.6 is 0 Å². The lowest BCUT2D eigenvalue weighted by atomic mass is 10.1. The molecule has 4 rings (SSSR count). The number of nitrogens with one attached hydrogen (secondary N) is 3. The fourth-order valence-electron chi connectivity index (χ4n) is 3.12. The topological polar surface area (TPSA) is 52.7 Å². The second-order valence-corrected chi connectivity index (χ2v) is 5.60. The maximum atomic E-state index is 4.47. The average molecular weight is 254 g/mol. The van der Waals surface area contributed by atoms with Crippen LogP contribution in [0, 0.1) is 6.92 Å². The minimum atomic E-state index is 0.512. The van der Waals surface area contributed by atoms with Crippen molar-refractivity contribution in [1.29, 1.82) is 0 Å². The molecule has 0 saturated carbocycles. The fourth-order valence-corrected chi connectivity index (χ4v) is 3.12. The number of hydrogen-bond acceptors (Lipinski definition) is 3. The van der Waals surface area contributed by atoms with E-state index in [0.29, 0.717) is 6.04 Å². The molecule has 98 valence electrons. The maximum absolute atomic E-state index is 4.47. The van der Waals surface area contributed by atoms with Gasteiger partial charge in [0.05, 0.1) is 5.69 Å². The molecule has 2 heterocycles. The van der Waals surface area contributed by atoms with Gasteiger partial charge in [-0.1, -0.05) is 17.7 Å². The first-order valence-electron chi connectivity index (χ1n) is 6.95. The van der Waals surface area contributed by atoms with Crippen LogP contribution in [-0.2, 0) is 6.42 Å². The number of anilines is 1. The summed E-state index contributed by atoms with van der Waals surface area (Å²) in [5.41, 5.74) is 6.55. The molecule has 0 spiro atoms. The molecule has 0 bridgehead atoms. The highest BCUT2D eigenvalue weighted by molar-refractivity contribution is 5.78. The summed E-state index contributed by atoms with van der Waals surface area (Å²) < 4.78 is 0. The van der Waals surface area contributed by atoms with Gasteiger partial charge in [0, 0.05) is 30.1 Å². The van der Waals surface area contributed by atoms with E-state index in [9.17, 15) is 0 Å². The monoisotopic (exact) mass is 254 g/mol. The molecule has 4 heteroatoms. The van der Waals surface area contributed by atoms with Gasteiger partial charge in [-0.25, -0.2) is 0 Å². The predicted octanol–water partition coefficient (Wildman–Crippen LogP) is 2.06. The zero-order chi connectivity index (χ0) is 12.8. The standard InChI is InChI=1S/C15H18N4/c1-9-2-3-10-7-13-14(12(10)6-9)18-19-15(13)17-11-4-5-16-8-11/h2-3,6,11,16H,4-5,7-8H2,1H3,(H2,17,18,19). The van der Waals surface area contributed by atoms with Crippen molar-refractivity contribution in [2.75, 3.05) is 18.4 Å².